The van der Waals surface area contributed by atoms with E-state index < -0.39 is 0 Å². The summed E-state index contributed by atoms with van der Waals surface area (Å²) >= 11 is 3.63. The van der Waals surface area contributed by atoms with Gasteiger partial charge in [-0.05, 0) is 48.7 Å². The highest BCUT2D eigenvalue weighted by atomic mass is 32.2. The van der Waals surface area contributed by atoms with Crippen LogP contribution in [0.1, 0.15) is 38.3 Å². The fraction of sp³-hybridized carbons (Fsp3) is 0.600. The smallest absolute Gasteiger partial charge is 0.137 e. The van der Waals surface area contributed by atoms with Crippen LogP contribution in [0.3, 0.4) is 0 Å². The molecule has 0 fully saturated rings. The van der Waals surface area contributed by atoms with Gasteiger partial charge in [-0.25, -0.2) is 4.39 Å². The molecule has 2 atom stereocenters. The molecule has 0 spiro atoms. The lowest BCUT2D eigenvalue weighted by molar-refractivity contribution is 0.429. The number of fused-ring (bicyclic) bond motifs is 1. The van der Waals surface area contributed by atoms with Gasteiger partial charge >= 0.3 is 0 Å². The highest BCUT2D eigenvalue weighted by Crippen LogP contribution is 2.37. The zero-order valence-corrected chi connectivity index (χ0v) is 13.2. The molecule has 19 heavy (non-hydrogen) atoms. The highest BCUT2D eigenvalue weighted by molar-refractivity contribution is 7.99. The van der Waals surface area contributed by atoms with E-state index >= 15 is 0 Å². The number of benzene rings is 1. The van der Waals surface area contributed by atoms with Crippen LogP contribution in [0.15, 0.2) is 23.1 Å². The Labute approximate surface area is 124 Å². The van der Waals surface area contributed by atoms with Crippen LogP contribution >= 0.6 is 23.5 Å². The maximum atomic E-state index is 13.8. The van der Waals surface area contributed by atoms with Crippen LogP contribution in [0, 0.1) is 5.82 Å². The molecule has 1 N–H and O–H groups in total. The summed E-state index contributed by atoms with van der Waals surface area (Å²) in [6, 6.07) is 6.26. The SMILES string of the molecule is CCSCCC(C)NC1CCSc2c(F)cccc21. The summed E-state index contributed by atoms with van der Waals surface area (Å²) in [5.41, 5.74) is 1.14. The molecule has 0 saturated carbocycles. The molecule has 0 radical (unpaired) electrons. The number of nitrogens with one attached hydrogen (secondary N) is 1. The van der Waals surface area contributed by atoms with E-state index in [1.165, 1.54) is 17.9 Å². The first-order valence-corrected chi connectivity index (χ1v) is 9.11. The number of hydrogen-bond donors (Lipinski definition) is 1. The minimum atomic E-state index is -0.0665. The molecular weight excluding hydrogens is 277 g/mol. The number of hydrogen-bond acceptors (Lipinski definition) is 3. The Morgan fingerprint density at radius 1 is 1.53 bits per heavy atom. The first-order valence-electron chi connectivity index (χ1n) is 6.97. The molecule has 1 heterocycles. The zero-order valence-electron chi connectivity index (χ0n) is 11.6. The van der Waals surface area contributed by atoms with E-state index in [0.717, 1.165) is 22.6 Å². The fourth-order valence-electron chi connectivity index (χ4n) is 2.39. The Balaban J connectivity index is 1.97. The lowest BCUT2D eigenvalue weighted by Crippen LogP contribution is -2.33. The summed E-state index contributed by atoms with van der Waals surface area (Å²) in [6.07, 6.45) is 2.26. The monoisotopic (exact) mass is 299 g/mol. The highest BCUT2D eigenvalue weighted by Gasteiger charge is 2.23. The third-order valence-electron chi connectivity index (χ3n) is 3.41. The maximum absolute atomic E-state index is 13.8. The molecule has 0 bridgehead atoms. The van der Waals surface area contributed by atoms with Crippen molar-refractivity contribution in [2.45, 2.75) is 43.7 Å². The summed E-state index contributed by atoms with van der Waals surface area (Å²) in [5, 5.41) is 3.67. The van der Waals surface area contributed by atoms with Gasteiger partial charge in [0.25, 0.3) is 0 Å². The third-order valence-corrected chi connectivity index (χ3v) is 5.50. The third kappa shape index (κ3) is 4.14. The molecule has 0 saturated heterocycles. The molecule has 0 aliphatic carbocycles. The summed E-state index contributed by atoms with van der Waals surface area (Å²) < 4.78 is 13.8. The molecule has 1 nitrogen and oxygen atoms in total. The average molecular weight is 299 g/mol. The van der Waals surface area contributed by atoms with Crippen molar-refractivity contribution >= 4 is 23.5 Å². The van der Waals surface area contributed by atoms with Crippen molar-refractivity contribution in [1.29, 1.82) is 0 Å². The molecule has 0 amide bonds. The Morgan fingerprint density at radius 3 is 3.16 bits per heavy atom. The summed E-state index contributed by atoms with van der Waals surface area (Å²) in [4.78, 5) is 0.849. The lowest BCUT2D eigenvalue weighted by atomic mass is 10.0. The minimum Gasteiger partial charge on any atom is -0.307 e. The van der Waals surface area contributed by atoms with Gasteiger partial charge in [0.15, 0.2) is 0 Å². The van der Waals surface area contributed by atoms with Crippen LogP contribution < -0.4 is 5.32 Å². The molecule has 0 aromatic heterocycles. The van der Waals surface area contributed by atoms with E-state index in [0.29, 0.717) is 12.1 Å². The van der Waals surface area contributed by atoms with E-state index in [-0.39, 0.29) is 5.82 Å². The van der Waals surface area contributed by atoms with Crippen LogP contribution in [0.4, 0.5) is 4.39 Å². The molecule has 1 aromatic rings. The average Bonchev–Trinajstić information content (AvgIpc) is 2.40. The van der Waals surface area contributed by atoms with Crippen LogP contribution in [0.2, 0.25) is 0 Å². The van der Waals surface area contributed by atoms with Gasteiger partial charge in [-0.15, -0.1) is 11.8 Å². The molecular formula is C15H22FNS2. The summed E-state index contributed by atoms with van der Waals surface area (Å²) in [7, 11) is 0. The van der Waals surface area contributed by atoms with Crippen LogP contribution in [0.5, 0.6) is 0 Å². The van der Waals surface area contributed by atoms with Gasteiger partial charge < -0.3 is 5.32 Å². The van der Waals surface area contributed by atoms with Crippen LogP contribution in [-0.4, -0.2) is 23.3 Å². The van der Waals surface area contributed by atoms with Gasteiger partial charge in [-0.3, -0.25) is 0 Å². The van der Waals surface area contributed by atoms with Crippen molar-refractivity contribution in [3.8, 4) is 0 Å². The van der Waals surface area contributed by atoms with E-state index in [9.17, 15) is 4.39 Å². The van der Waals surface area contributed by atoms with Crippen molar-refractivity contribution < 1.29 is 4.39 Å². The van der Waals surface area contributed by atoms with Crippen LogP contribution in [0.25, 0.3) is 0 Å². The van der Waals surface area contributed by atoms with Crippen molar-refractivity contribution in [2.75, 3.05) is 17.3 Å². The Bertz CT molecular complexity index is 411. The van der Waals surface area contributed by atoms with Gasteiger partial charge in [0, 0.05) is 17.0 Å². The second-order valence-corrected chi connectivity index (χ2v) is 7.40. The molecule has 4 heteroatoms. The lowest BCUT2D eigenvalue weighted by Gasteiger charge is -2.29. The van der Waals surface area contributed by atoms with Crippen molar-refractivity contribution in [2.24, 2.45) is 0 Å². The van der Waals surface area contributed by atoms with Crippen LogP contribution in [-0.2, 0) is 0 Å². The quantitative estimate of drug-likeness (QED) is 0.778. The molecule has 2 rings (SSSR count). The Hall–Kier alpha value is -0.190. The van der Waals surface area contributed by atoms with Crippen molar-refractivity contribution in [3.63, 3.8) is 0 Å². The molecule has 2 unspecified atom stereocenters. The number of halogens is 1. The molecule has 1 aliphatic rings. The number of thioether (sulfide) groups is 2. The van der Waals surface area contributed by atoms with Crippen molar-refractivity contribution in [1.82, 2.24) is 5.32 Å². The van der Waals surface area contributed by atoms with Crippen molar-refractivity contribution in [3.05, 3.63) is 29.6 Å². The Morgan fingerprint density at radius 2 is 2.37 bits per heavy atom. The normalized spacial score (nSPS) is 20.1. The summed E-state index contributed by atoms with van der Waals surface area (Å²) in [5.74, 6) is 3.31. The molecule has 1 aromatic carbocycles. The first-order chi connectivity index (χ1) is 9.22. The maximum Gasteiger partial charge on any atom is 0.137 e. The Kier molecular flexibility index (Phi) is 6.05. The predicted octanol–water partition coefficient (Wildman–Crippen LogP) is 4.48. The van der Waals surface area contributed by atoms with Gasteiger partial charge in [-0.1, -0.05) is 19.1 Å². The van der Waals surface area contributed by atoms with E-state index in [1.807, 2.05) is 17.8 Å². The fourth-order valence-corrected chi connectivity index (χ4v) is 4.34. The minimum absolute atomic E-state index is 0.0665. The van der Waals surface area contributed by atoms with Gasteiger partial charge in [-0.2, -0.15) is 11.8 Å². The number of rotatable bonds is 6. The largest absolute Gasteiger partial charge is 0.307 e. The first kappa shape index (κ1) is 15.2. The molecule has 106 valence electrons. The van der Waals surface area contributed by atoms with Gasteiger partial charge in [0.05, 0.1) is 0 Å². The predicted molar refractivity (Wildman–Crippen MR) is 84.7 cm³/mol. The summed E-state index contributed by atoms with van der Waals surface area (Å²) in [6.45, 7) is 4.43. The van der Waals surface area contributed by atoms with Gasteiger partial charge in [0.1, 0.15) is 5.82 Å². The van der Waals surface area contributed by atoms with E-state index in [2.05, 4.69) is 25.2 Å². The zero-order chi connectivity index (χ0) is 13.7. The molecule has 1 aliphatic heterocycles. The van der Waals surface area contributed by atoms with E-state index in [4.69, 9.17) is 0 Å². The second kappa shape index (κ2) is 7.55. The van der Waals surface area contributed by atoms with E-state index in [1.54, 1.807) is 17.8 Å². The second-order valence-electron chi connectivity index (χ2n) is 4.90. The standard InChI is InChI=1S/C15H22FNS2/c1-3-18-9-7-11(2)17-14-8-10-19-15-12(14)5-4-6-13(15)16/h4-6,11,14,17H,3,7-10H2,1-2H3. The topological polar surface area (TPSA) is 12.0 Å². The van der Waals surface area contributed by atoms with Gasteiger partial charge in [0.2, 0.25) is 0 Å².